The topological polar surface area (TPSA) is 24.5 Å². The van der Waals surface area contributed by atoms with E-state index in [1.165, 1.54) is 5.56 Å². The molecule has 1 N–H and O–H groups in total. The van der Waals surface area contributed by atoms with E-state index in [9.17, 15) is 0 Å². The first-order valence-electron chi connectivity index (χ1n) is 5.86. The van der Waals surface area contributed by atoms with Gasteiger partial charge in [-0.05, 0) is 36.3 Å². The fraction of sp³-hybridized carbons (Fsp3) is 0.462. The van der Waals surface area contributed by atoms with Gasteiger partial charge >= 0.3 is 0 Å². The molecule has 0 fully saturated rings. The van der Waals surface area contributed by atoms with E-state index in [0.717, 1.165) is 35.7 Å². The van der Waals surface area contributed by atoms with Gasteiger partial charge in [-0.15, -0.1) is 0 Å². The van der Waals surface area contributed by atoms with Gasteiger partial charge in [0.25, 0.3) is 0 Å². The average Bonchev–Trinajstić information content (AvgIpc) is 2.34. The predicted octanol–water partition coefficient (Wildman–Crippen LogP) is 2.79. The smallest absolute Gasteiger partial charge is 0.168 e. The fourth-order valence-corrected chi connectivity index (χ4v) is 2.14. The molecule has 0 aliphatic rings. The van der Waals surface area contributed by atoms with Crippen LogP contribution in [-0.2, 0) is 11.3 Å². The summed E-state index contributed by atoms with van der Waals surface area (Å²) < 4.78 is 6.08. The summed E-state index contributed by atoms with van der Waals surface area (Å²) in [5.74, 6) is 0. The number of ether oxygens (including phenoxy) is 1. The molecule has 0 heterocycles. The van der Waals surface area contributed by atoms with Crippen molar-refractivity contribution in [2.75, 3.05) is 27.3 Å². The molecule has 0 aromatic heterocycles. The highest BCUT2D eigenvalue weighted by Crippen LogP contribution is 2.12. The van der Waals surface area contributed by atoms with E-state index in [0.29, 0.717) is 0 Å². The summed E-state index contributed by atoms with van der Waals surface area (Å²) in [4.78, 5) is 2.03. The number of benzene rings is 1. The van der Waals surface area contributed by atoms with Gasteiger partial charge in [-0.1, -0.05) is 28.1 Å². The molecule has 1 aromatic rings. The van der Waals surface area contributed by atoms with Crippen molar-refractivity contribution in [3.63, 3.8) is 0 Å². The Morgan fingerprint density at radius 1 is 1.50 bits per heavy atom. The molecular weight excluding hydrogens is 312 g/mol. The monoisotopic (exact) mass is 330 g/mol. The lowest BCUT2D eigenvalue weighted by Gasteiger charge is -2.21. The summed E-state index contributed by atoms with van der Waals surface area (Å²) in [7, 11) is 3.70. The summed E-state index contributed by atoms with van der Waals surface area (Å²) in [6.45, 7) is 2.40. The summed E-state index contributed by atoms with van der Waals surface area (Å²) >= 11 is 8.79. The Labute approximate surface area is 123 Å². The van der Waals surface area contributed by atoms with E-state index < -0.39 is 0 Å². The predicted molar refractivity (Wildman–Crippen MR) is 82.7 cm³/mol. The minimum Gasteiger partial charge on any atom is -0.385 e. The standard InChI is InChI=1S/C13H19BrN2OS/c1-16(13(18)15-7-4-8-17-2)10-11-5-3-6-12(14)9-11/h3,5-6,9H,4,7-8,10H2,1-2H3,(H,15,18). The van der Waals surface area contributed by atoms with Crippen molar-refractivity contribution in [2.24, 2.45) is 0 Å². The van der Waals surface area contributed by atoms with Crippen LogP contribution in [0.15, 0.2) is 28.7 Å². The lowest BCUT2D eigenvalue weighted by atomic mass is 10.2. The number of nitrogens with zero attached hydrogens (tertiary/aromatic N) is 1. The number of rotatable bonds is 6. The van der Waals surface area contributed by atoms with E-state index in [1.54, 1.807) is 7.11 Å². The van der Waals surface area contributed by atoms with Crippen LogP contribution < -0.4 is 5.32 Å². The Balaban J connectivity index is 2.35. The molecule has 0 aliphatic carbocycles. The van der Waals surface area contributed by atoms with Gasteiger partial charge in [-0.25, -0.2) is 0 Å². The van der Waals surface area contributed by atoms with Crippen LogP contribution in [0, 0.1) is 0 Å². The van der Waals surface area contributed by atoms with Crippen molar-refractivity contribution in [3.05, 3.63) is 34.3 Å². The third-order valence-corrected chi connectivity index (χ3v) is 3.41. The summed E-state index contributed by atoms with van der Waals surface area (Å²) in [6, 6.07) is 8.24. The Bertz CT molecular complexity index is 387. The molecule has 100 valence electrons. The number of nitrogens with one attached hydrogen (secondary N) is 1. The molecule has 0 spiro atoms. The van der Waals surface area contributed by atoms with Crippen LogP contribution in [0.5, 0.6) is 0 Å². The highest BCUT2D eigenvalue weighted by molar-refractivity contribution is 9.10. The molecule has 0 bridgehead atoms. The summed E-state index contributed by atoms with van der Waals surface area (Å²) in [5, 5.41) is 3.99. The lowest BCUT2D eigenvalue weighted by molar-refractivity contribution is 0.195. The van der Waals surface area contributed by atoms with Gasteiger partial charge < -0.3 is 15.0 Å². The van der Waals surface area contributed by atoms with Crippen LogP contribution in [0.2, 0.25) is 0 Å². The SMILES string of the molecule is COCCCNC(=S)N(C)Cc1cccc(Br)c1. The highest BCUT2D eigenvalue weighted by atomic mass is 79.9. The molecule has 1 rings (SSSR count). The summed E-state index contributed by atoms with van der Waals surface area (Å²) in [5.41, 5.74) is 1.23. The van der Waals surface area contributed by atoms with E-state index in [1.807, 2.05) is 24.1 Å². The minimum atomic E-state index is 0.755. The third kappa shape index (κ3) is 5.80. The molecule has 0 unspecified atom stereocenters. The van der Waals surface area contributed by atoms with Gasteiger partial charge in [-0.2, -0.15) is 0 Å². The second-order valence-electron chi connectivity index (χ2n) is 4.06. The van der Waals surface area contributed by atoms with Crippen LogP contribution in [0.25, 0.3) is 0 Å². The van der Waals surface area contributed by atoms with Gasteiger partial charge in [0.1, 0.15) is 0 Å². The number of hydrogen-bond donors (Lipinski definition) is 1. The zero-order valence-electron chi connectivity index (χ0n) is 10.8. The zero-order chi connectivity index (χ0) is 13.4. The third-order valence-electron chi connectivity index (χ3n) is 2.46. The molecule has 0 saturated heterocycles. The van der Waals surface area contributed by atoms with E-state index in [4.69, 9.17) is 17.0 Å². The normalized spacial score (nSPS) is 10.2. The lowest BCUT2D eigenvalue weighted by Crippen LogP contribution is -2.37. The second-order valence-corrected chi connectivity index (χ2v) is 5.37. The Hall–Kier alpha value is -0.650. The first kappa shape index (κ1) is 15.4. The van der Waals surface area contributed by atoms with Crippen molar-refractivity contribution in [2.45, 2.75) is 13.0 Å². The minimum absolute atomic E-state index is 0.755. The quantitative estimate of drug-likeness (QED) is 0.640. The largest absolute Gasteiger partial charge is 0.385 e. The highest BCUT2D eigenvalue weighted by Gasteiger charge is 2.04. The van der Waals surface area contributed by atoms with E-state index in [-0.39, 0.29) is 0 Å². The van der Waals surface area contributed by atoms with Crippen molar-refractivity contribution < 1.29 is 4.74 Å². The Morgan fingerprint density at radius 3 is 2.94 bits per heavy atom. The molecule has 3 nitrogen and oxygen atoms in total. The van der Waals surface area contributed by atoms with Crippen LogP contribution in [-0.4, -0.2) is 37.3 Å². The average molecular weight is 331 g/mol. The first-order valence-corrected chi connectivity index (χ1v) is 7.06. The molecule has 1 aromatic carbocycles. The molecule has 0 aliphatic heterocycles. The van der Waals surface area contributed by atoms with Crippen molar-refractivity contribution >= 4 is 33.3 Å². The molecule has 0 atom stereocenters. The Kier molecular flexibility index (Phi) is 7.23. The van der Waals surface area contributed by atoms with Crippen LogP contribution >= 0.6 is 28.1 Å². The maximum absolute atomic E-state index is 5.32. The molecule has 0 saturated carbocycles. The van der Waals surface area contributed by atoms with Crippen molar-refractivity contribution in [1.82, 2.24) is 10.2 Å². The molecule has 0 radical (unpaired) electrons. The molecule has 18 heavy (non-hydrogen) atoms. The van der Waals surface area contributed by atoms with Gasteiger partial charge in [0, 0.05) is 38.3 Å². The van der Waals surface area contributed by atoms with Crippen molar-refractivity contribution in [1.29, 1.82) is 0 Å². The number of thiocarbonyl (C=S) groups is 1. The van der Waals surface area contributed by atoms with Crippen molar-refractivity contribution in [3.8, 4) is 0 Å². The van der Waals surface area contributed by atoms with Gasteiger partial charge in [0.05, 0.1) is 0 Å². The van der Waals surface area contributed by atoms with Crippen LogP contribution in [0.4, 0.5) is 0 Å². The summed E-state index contributed by atoms with van der Waals surface area (Å²) in [6.07, 6.45) is 0.960. The number of hydrogen-bond acceptors (Lipinski definition) is 2. The van der Waals surface area contributed by atoms with Crippen LogP contribution in [0.1, 0.15) is 12.0 Å². The first-order chi connectivity index (χ1) is 8.63. The van der Waals surface area contributed by atoms with Gasteiger partial charge in [0.2, 0.25) is 0 Å². The Morgan fingerprint density at radius 2 is 2.28 bits per heavy atom. The number of halogens is 1. The number of methoxy groups -OCH3 is 1. The molecule has 5 heteroatoms. The van der Waals surface area contributed by atoms with E-state index in [2.05, 4.69) is 33.4 Å². The maximum Gasteiger partial charge on any atom is 0.168 e. The van der Waals surface area contributed by atoms with Crippen LogP contribution in [0.3, 0.4) is 0 Å². The molecule has 0 amide bonds. The van der Waals surface area contributed by atoms with E-state index >= 15 is 0 Å². The molecular formula is C13H19BrN2OS. The second kappa shape index (κ2) is 8.45. The maximum atomic E-state index is 5.32. The zero-order valence-corrected chi connectivity index (χ0v) is 13.2. The van der Waals surface area contributed by atoms with Gasteiger partial charge in [-0.3, -0.25) is 0 Å². The van der Waals surface area contributed by atoms with Gasteiger partial charge in [0.15, 0.2) is 5.11 Å². The fourth-order valence-electron chi connectivity index (χ4n) is 1.53.